The van der Waals surface area contributed by atoms with Crippen LogP contribution < -0.4 is 4.90 Å². The summed E-state index contributed by atoms with van der Waals surface area (Å²) in [5.41, 5.74) is 1.10. The smallest absolute Gasteiger partial charge is 0.419 e. The van der Waals surface area contributed by atoms with Gasteiger partial charge in [-0.2, -0.15) is 0 Å². The van der Waals surface area contributed by atoms with Gasteiger partial charge >= 0.3 is 12.0 Å². The van der Waals surface area contributed by atoms with Crippen LogP contribution in [0.15, 0.2) is 18.2 Å². The molecule has 0 saturated heterocycles. The Morgan fingerprint density at radius 1 is 1.33 bits per heavy atom. The van der Waals surface area contributed by atoms with Crippen LogP contribution in [0.2, 0.25) is 0 Å². The Labute approximate surface area is 84.9 Å². The number of Topliss-reactive ketones (excluding diaryl/α,β-unsaturated/α-hetero) is 1. The minimum Gasteiger partial charge on any atom is -0.464 e. The molecule has 15 heavy (non-hydrogen) atoms. The SMILES string of the molecule is Cc1ccc2c(c1)C(=O)C(=O)N2C(=O)O. The lowest BCUT2D eigenvalue weighted by Gasteiger charge is -2.08. The third kappa shape index (κ3) is 1.20. The number of hydrogen-bond donors (Lipinski definition) is 1. The molecule has 1 aliphatic rings. The lowest BCUT2D eigenvalue weighted by Crippen LogP contribution is -2.34. The van der Waals surface area contributed by atoms with Crippen LogP contribution >= 0.6 is 0 Å². The number of carbonyl (C=O) groups excluding carboxylic acids is 2. The van der Waals surface area contributed by atoms with Gasteiger partial charge in [0.25, 0.3) is 5.78 Å². The number of benzene rings is 1. The Bertz CT molecular complexity index is 492. The molecular weight excluding hydrogens is 198 g/mol. The van der Waals surface area contributed by atoms with Gasteiger partial charge in [-0.15, -0.1) is 0 Å². The predicted octanol–water partition coefficient (Wildman–Crippen LogP) is 1.20. The third-order valence-corrected chi connectivity index (χ3v) is 2.23. The molecule has 0 saturated carbocycles. The van der Waals surface area contributed by atoms with Crippen LogP contribution in [-0.4, -0.2) is 22.9 Å². The Hall–Kier alpha value is -2.17. The summed E-state index contributed by atoms with van der Waals surface area (Å²) in [6.45, 7) is 1.77. The average molecular weight is 205 g/mol. The molecule has 1 aromatic rings. The van der Waals surface area contributed by atoms with E-state index >= 15 is 0 Å². The average Bonchev–Trinajstić information content (AvgIpc) is 2.41. The molecule has 2 amide bonds. The highest BCUT2D eigenvalue weighted by atomic mass is 16.4. The highest BCUT2D eigenvalue weighted by Crippen LogP contribution is 2.29. The van der Waals surface area contributed by atoms with E-state index < -0.39 is 17.8 Å². The highest BCUT2D eigenvalue weighted by molar-refractivity contribution is 6.55. The minimum absolute atomic E-state index is 0.142. The van der Waals surface area contributed by atoms with Gasteiger partial charge in [0.15, 0.2) is 0 Å². The number of ketones is 1. The van der Waals surface area contributed by atoms with Crippen LogP contribution in [0, 0.1) is 6.92 Å². The van der Waals surface area contributed by atoms with E-state index in [0.29, 0.717) is 4.90 Å². The van der Waals surface area contributed by atoms with E-state index in [4.69, 9.17) is 5.11 Å². The summed E-state index contributed by atoms with van der Waals surface area (Å²) >= 11 is 0. The molecule has 0 atom stereocenters. The number of carboxylic acid groups (broad SMARTS) is 1. The van der Waals surface area contributed by atoms with E-state index in [1.165, 1.54) is 12.1 Å². The highest BCUT2D eigenvalue weighted by Gasteiger charge is 2.39. The van der Waals surface area contributed by atoms with Crippen LogP contribution in [0.1, 0.15) is 15.9 Å². The van der Waals surface area contributed by atoms with Crippen molar-refractivity contribution in [3.63, 3.8) is 0 Å². The molecule has 0 spiro atoms. The minimum atomic E-state index is -1.43. The van der Waals surface area contributed by atoms with Gasteiger partial charge in [0.05, 0.1) is 11.3 Å². The monoisotopic (exact) mass is 205 g/mol. The first-order chi connectivity index (χ1) is 7.02. The number of nitrogens with zero attached hydrogens (tertiary/aromatic N) is 1. The Kier molecular flexibility index (Phi) is 1.82. The molecule has 5 nitrogen and oxygen atoms in total. The Balaban J connectivity index is 2.66. The summed E-state index contributed by atoms with van der Waals surface area (Å²) in [5.74, 6) is -1.78. The maximum atomic E-state index is 11.4. The molecule has 0 radical (unpaired) electrons. The number of imide groups is 1. The van der Waals surface area contributed by atoms with E-state index in [1.54, 1.807) is 13.0 Å². The van der Waals surface area contributed by atoms with E-state index in [1.807, 2.05) is 0 Å². The fourth-order valence-electron chi connectivity index (χ4n) is 1.54. The molecule has 0 aromatic heterocycles. The van der Waals surface area contributed by atoms with E-state index in [2.05, 4.69) is 0 Å². The second-order valence-electron chi connectivity index (χ2n) is 3.27. The van der Waals surface area contributed by atoms with Crippen molar-refractivity contribution in [2.45, 2.75) is 6.92 Å². The van der Waals surface area contributed by atoms with Crippen LogP contribution in [-0.2, 0) is 4.79 Å². The summed E-state index contributed by atoms with van der Waals surface area (Å²) in [6.07, 6.45) is -1.43. The van der Waals surface area contributed by atoms with Gasteiger partial charge in [-0.3, -0.25) is 9.59 Å². The quantitative estimate of drug-likeness (QED) is 0.646. The number of rotatable bonds is 0. The number of amides is 2. The molecule has 5 heteroatoms. The van der Waals surface area contributed by atoms with Gasteiger partial charge in [-0.25, -0.2) is 9.69 Å². The van der Waals surface area contributed by atoms with Crippen molar-refractivity contribution in [3.8, 4) is 0 Å². The molecule has 76 valence electrons. The normalized spacial score (nSPS) is 14.3. The molecule has 0 fully saturated rings. The second-order valence-corrected chi connectivity index (χ2v) is 3.27. The number of aryl methyl sites for hydroxylation is 1. The zero-order valence-corrected chi connectivity index (χ0v) is 7.85. The summed E-state index contributed by atoms with van der Waals surface area (Å²) in [6, 6.07) is 4.63. The van der Waals surface area contributed by atoms with Gasteiger partial charge in [-0.1, -0.05) is 11.6 Å². The molecule has 1 aromatic carbocycles. The topological polar surface area (TPSA) is 74.7 Å². The van der Waals surface area contributed by atoms with Crippen molar-refractivity contribution >= 4 is 23.5 Å². The summed E-state index contributed by atoms with van der Waals surface area (Å²) in [7, 11) is 0. The van der Waals surface area contributed by atoms with E-state index in [9.17, 15) is 14.4 Å². The first-order valence-corrected chi connectivity index (χ1v) is 4.24. The lowest BCUT2D eigenvalue weighted by molar-refractivity contribution is -0.113. The fourth-order valence-corrected chi connectivity index (χ4v) is 1.54. The summed E-state index contributed by atoms with van der Waals surface area (Å²) in [5, 5.41) is 8.77. The zero-order valence-electron chi connectivity index (χ0n) is 7.85. The molecule has 0 unspecified atom stereocenters. The van der Waals surface area contributed by atoms with Crippen molar-refractivity contribution in [1.82, 2.24) is 0 Å². The lowest BCUT2D eigenvalue weighted by atomic mass is 10.1. The third-order valence-electron chi connectivity index (χ3n) is 2.23. The predicted molar refractivity (Wildman–Crippen MR) is 51.0 cm³/mol. The number of anilines is 1. The van der Waals surface area contributed by atoms with Crippen LogP contribution in [0.4, 0.5) is 10.5 Å². The molecule has 2 rings (SSSR count). The number of hydrogen-bond acceptors (Lipinski definition) is 3. The molecule has 0 aliphatic carbocycles. The second kappa shape index (κ2) is 2.91. The van der Waals surface area contributed by atoms with Crippen molar-refractivity contribution < 1.29 is 19.5 Å². The van der Waals surface area contributed by atoms with Crippen molar-refractivity contribution in [3.05, 3.63) is 29.3 Å². The standard InChI is InChI=1S/C10H7NO4/c1-5-2-3-7-6(4-5)8(12)9(13)11(7)10(14)15/h2-4H,1H3,(H,14,15). The van der Waals surface area contributed by atoms with Crippen LogP contribution in [0.3, 0.4) is 0 Å². The molecule has 1 N–H and O–H groups in total. The summed E-state index contributed by atoms with van der Waals surface area (Å²) in [4.78, 5) is 33.9. The van der Waals surface area contributed by atoms with E-state index in [-0.39, 0.29) is 11.3 Å². The molecular formula is C10H7NO4. The van der Waals surface area contributed by atoms with E-state index in [0.717, 1.165) is 5.56 Å². The first-order valence-electron chi connectivity index (χ1n) is 4.24. The van der Waals surface area contributed by atoms with Crippen LogP contribution in [0.25, 0.3) is 0 Å². The van der Waals surface area contributed by atoms with Crippen molar-refractivity contribution in [2.75, 3.05) is 4.90 Å². The largest absolute Gasteiger partial charge is 0.464 e. The number of fused-ring (bicyclic) bond motifs is 1. The first kappa shape index (κ1) is 9.39. The van der Waals surface area contributed by atoms with Gasteiger partial charge in [0.1, 0.15) is 0 Å². The number of carbonyl (C=O) groups is 3. The van der Waals surface area contributed by atoms with Crippen molar-refractivity contribution in [2.24, 2.45) is 0 Å². The van der Waals surface area contributed by atoms with Gasteiger partial charge in [0.2, 0.25) is 0 Å². The van der Waals surface area contributed by atoms with Gasteiger partial charge in [-0.05, 0) is 19.1 Å². The fraction of sp³-hybridized carbons (Fsp3) is 0.100. The van der Waals surface area contributed by atoms with Gasteiger partial charge in [0, 0.05) is 0 Å². The Morgan fingerprint density at radius 3 is 2.60 bits per heavy atom. The van der Waals surface area contributed by atoms with Crippen molar-refractivity contribution in [1.29, 1.82) is 0 Å². The maximum Gasteiger partial charge on any atom is 0.419 e. The zero-order chi connectivity index (χ0) is 11.2. The maximum absolute atomic E-state index is 11.4. The Morgan fingerprint density at radius 2 is 2.00 bits per heavy atom. The molecule has 0 bridgehead atoms. The molecule has 1 aliphatic heterocycles. The summed E-state index contributed by atoms with van der Waals surface area (Å²) < 4.78 is 0. The molecule has 1 heterocycles. The van der Waals surface area contributed by atoms with Crippen LogP contribution in [0.5, 0.6) is 0 Å². The van der Waals surface area contributed by atoms with Gasteiger partial charge < -0.3 is 5.11 Å².